The van der Waals surface area contributed by atoms with Crippen molar-refractivity contribution >= 4 is 25.7 Å². The van der Waals surface area contributed by atoms with Crippen molar-refractivity contribution in [3.05, 3.63) is 23.7 Å². The highest BCUT2D eigenvalue weighted by Crippen LogP contribution is 2.14. The van der Waals surface area contributed by atoms with Gasteiger partial charge in [-0.25, -0.2) is 13.2 Å². The molecule has 14 heavy (non-hydrogen) atoms. The highest BCUT2D eigenvalue weighted by molar-refractivity contribution is 8.13. The number of rotatable bonds is 3. The quantitative estimate of drug-likeness (QED) is 0.583. The van der Waals surface area contributed by atoms with Crippen LogP contribution in [0.25, 0.3) is 0 Å². The molecule has 7 heteroatoms. The van der Waals surface area contributed by atoms with Crippen LogP contribution < -0.4 is 0 Å². The van der Waals surface area contributed by atoms with Crippen molar-refractivity contribution in [2.75, 3.05) is 7.11 Å². The second kappa shape index (κ2) is 4.02. The molecule has 0 aliphatic heterocycles. The third-order valence-electron chi connectivity index (χ3n) is 1.36. The van der Waals surface area contributed by atoms with Gasteiger partial charge in [-0.2, -0.15) is 0 Å². The summed E-state index contributed by atoms with van der Waals surface area (Å²) in [5, 5.41) is 0. The third-order valence-corrected chi connectivity index (χ3v) is 2.32. The molecule has 0 aliphatic rings. The molecule has 0 saturated carbocycles. The van der Waals surface area contributed by atoms with Crippen LogP contribution in [0.5, 0.6) is 0 Å². The van der Waals surface area contributed by atoms with E-state index in [4.69, 9.17) is 15.1 Å². The van der Waals surface area contributed by atoms with Crippen LogP contribution in [0.4, 0.5) is 0 Å². The molecular formula is C7H7ClO5S. The molecule has 0 atom stereocenters. The van der Waals surface area contributed by atoms with Crippen LogP contribution in [0.2, 0.25) is 0 Å². The van der Waals surface area contributed by atoms with E-state index in [9.17, 15) is 13.2 Å². The fraction of sp³-hybridized carbons (Fsp3) is 0.286. The van der Waals surface area contributed by atoms with Gasteiger partial charge < -0.3 is 9.15 Å². The van der Waals surface area contributed by atoms with E-state index < -0.39 is 20.8 Å². The van der Waals surface area contributed by atoms with Gasteiger partial charge in [-0.05, 0) is 12.1 Å². The zero-order valence-electron chi connectivity index (χ0n) is 7.19. The predicted octanol–water partition coefficient (Wildman–Crippen LogP) is 1.13. The van der Waals surface area contributed by atoms with Gasteiger partial charge in [0.2, 0.25) is 14.8 Å². The van der Waals surface area contributed by atoms with Crippen LogP contribution in [0.1, 0.15) is 16.3 Å². The number of furan rings is 1. The number of methoxy groups -OCH3 is 1. The number of hydrogen-bond donors (Lipinski definition) is 0. The van der Waals surface area contributed by atoms with Crippen molar-refractivity contribution < 1.29 is 22.4 Å². The van der Waals surface area contributed by atoms with Crippen molar-refractivity contribution in [1.29, 1.82) is 0 Å². The summed E-state index contributed by atoms with van der Waals surface area (Å²) in [5.41, 5.74) is 0. The van der Waals surface area contributed by atoms with Crippen LogP contribution in [0.3, 0.4) is 0 Å². The second-order valence-corrected chi connectivity index (χ2v) is 5.22. The normalized spacial score (nSPS) is 11.3. The van der Waals surface area contributed by atoms with Gasteiger partial charge in [-0.3, -0.25) is 0 Å². The molecule has 0 fully saturated rings. The minimum Gasteiger partial charge on any atom is -0.463 e. The number of ether oxygens (including phenoxy) is 1. The van der Waals surface area contributed by atoms with Crippen molar-refractivity contribution in [2.45, 2.75) is 5.75 Å². The molecule has 0 bridgehead atoms. The van der Waals surface area contributed by atoms with Gasteiger partial charge in [0, 0.05) is 10.7 Å². The molecule has 1 aromatic rings. The molecule has 78 valence electrons. The number of hydrogen-bond acceptors (Lipinski definition) is 5. The Morgan fingerprint density at radius 2 is 2.21 bits per heavy atom. The molecule has 0 aliphatic carbocycles. The Hall–Kier alpha value is -1.01. The second-order valence-electron chi connectivity index (χ2n) is 2.44. The van der Waals surface area contributed by atoms with Crippen LogP contribution >= 0.6 is 10.7 Å². The Bertz CT molecular complexity index is 433. The lowest BCUT2D eigenvalue weighted by Crippen LogP contribution is -1.98. The molecule has 0 N–H and O–H groups in total. The van der Waals surface area contributed by atoms with Crippen molar-refractivity contribution in [1.82, 2.24) is 0 Å². The number of carbonyl (C=O) groups excluding carboxylic acids is 1. The van der Waals surface area contributed by atoms with Gasteiger partial charge >= 0.3 is 5.97 Å². The molecule has 0 amide bonds. The molecule has 1 aromatic heterocycles. The van der Waals surface area contributed by atoms with Crippen LogP contribution in [0.15, 0.2) is 16.5 Å². The van der Waals surface area contributed by atoms with Gasteiger partial charge in [0.1, 0.15) is 11.5 Å². The molecule has 5 nitrogen and oxygen atoms in total. The van der Waals surface area contributed by atoms with Gasteiger partial charge in [-0.15, -0.1) is 0 Å². The molecule has 1 heterocycles. The minimum atomic E-state index is -3.67. The highest BCUT2D eigenvalue weighted by Gasteiger charge is 2.15. The summed E-state index contributed by atoms with van der Waals surface area (Å²) < 4.78 is 30.5. The first-order valence-corrected chi connectivity index (χ1v) is 5.99. The Morgan fingerprint density at radius 1 is 1.57 bits per heavy atom. The zero-order valence-corrected chi connectivity index (χ0v) is 8.76. The van der Waals surface area contributed by atoms with Crippen molar-refractivity contribution in [3.63, 3.8) is 0 Å². The Labute approximate surface area is 85.0 Å². The number of carbonyl (C=O) groups is 1. The lowest BCUT2D eigenvalue weighted by atomic mass is 10.4. The zero-order chi connectivity index (χ0) is 10.8. The van der Waals surface area contributed by atoms with E-state index in [1.165, 1.54) is 19.2 Å². The summed E-state index contributed by atoms with van der Waals surface area (Å²) in [5.74, 6) is -1.07. The average molecular weight is 239 g/mol. The van der Waals surface area contributed by atoms with Gasteiger partial charge in [-0.1, -0.05) is 0 Å². The molecule has 0 spiro atoms. The largest absolute Gasteiger partial charge is 0.463 e. The van der Waals surface area contributed by atoms with Crippen LogP contribution in [-0.4, -0.2) is 21.5 Å². The first-order valence-electron chi connectivity index (χ1n) is 3.52. The smallest absolute Gasteiger partial charge is 0.373 e. The maximum atomic E-state index is 10.9. The Morgan fingerprint density at radius 3 is 2.71 bits per heavy atom. The van der Waals surface area contributed by atoms with E-state index >= 15 is 0 Å². The molecule has 0 saturated heterocycles. The van der Waals surface area contributed by atoms with E-state index in [-0.39, 0.29) is 11.5 Å². The molecule has 1 rings (SSSR count). The van der Waals surface area contributed by atoms with E-state index in [1.807, 2.05) is 0 Å². The van der Waals surface area contributed by atoms with Crippen LogP contribution in [0, 0.1) is 0 Å². The maximum Gasteiger partial charge on any atom is 0.373 e. The van der Waals surface area contributed by atoms with Gasteiger partial charge in [0.05, 0.1) is 7.11 Å². The number of halogens is 1. The van der Waals surface area contributed by atoms with E-state index in [2.05, 4.69) is 4.74 Å². The first-order chi connectivity index (χ1) is 6.42. The first kappa shape index (κ1) is 11.1. The van der Waals surface area contributed by atoms with E-state index in [0.717, 1.165) is 0 Å². The SMILES string of the molecule is COC(=O)c1ccc(CS(=O)(=O)Cl)o1. The standard InChI is InChI=1S/C7H7ClO5S/c1-12-7(9)6-3-2-5(13-6)4-14(8,10)11/h2-3H,4H2,1H3. The monoisotopic (exact) mass is 238 g/mol. The molecule has 0 aromatic carbocycles. The van der Waals surface area contributed by atoms with E-state index in [0.29, 0.717) is 0 Å². The fourth-order valence-electron chi connectivity index (χ4n) is 0.836. The topological polar surface area (TPSA) is 73.6 Å². The third kappa shape index (κ3) is 3.04. The van der Waals surface area contributed by atoms with E-state index in [1.54, 1.807) is 0 Å². The summed E-state index contributed by atoms with van der Waals surface area (Å²) in [4.78, 5) is 10.9. The molecular weight excluding hydrogens is 232 g/mol. The summed E-state index contributed by atoms with van der Waals surface area (Å²) in [6, 6.07) is 2.68. The van der Waals surface area contributed by atoms with Crippen LogP contribution in [-0.2, 0) is 19.5 Å². The summed E-state index contributed by atoms with van der Waals surface area (Å²) >= 11 is 0. The summed E-state index contributed by atoms with van der Waals surface area (Å²) in [7, 11) is 2.51. The number of esters is 1. The lowest BCUT2D eigenvalue weighted by molar-refractivity contribution is 0.0563. The Kier molecular flexibility index (Phi) is 3.17. The lowest BCUT2D eigenvalue weighted by Gasteiger charge is -1.93. The maximum absolute atomic E-state index is 10.9. The summed E-state index contributed by atoms with van der Waals surface area (Å²) in [6.45, 7) is 0. The Balaban J connectivity index is 2.84. The minimum absolute atomic E-state index is 0.0529. The molecule has 0 unspecified atom stereocenters. The summed E-state index contributed by atoms with van der Waals surface area (Å²) in [6.07, 6.45) is 0. The highest BCUT2D eigenvalue weighted by atomic mass is 35.7. The predicted molar refractivity (Wildman–Crippen MR) is 48.5 cm³/mol. The van der Waals surface area contributed by atoms with Gasteiger partial charge in [0.15, 0.2) is 0 Å². The van der Waals surface area contributed by atoms with Gasteiger partial charge in [0.25, 0.3) is 0 Å². The van der Waals surface area contributed by atoms with Crippen molar-refractivity contribution in [3.8, 4) is 0 Å². The average Bonchev–Trinajstić information content (AvgIpc) is 2.48. The van der Waals surface area contributed by atoms with Crippen molar-refractivity contribution in [2.24, 2.45) is 0 Å². The molecule has 0 radical (unpaired) electrons. The fourth-order valence-corrected chi connectivity index (χ4v) is 1.65.